The molecule has 0 bridgehead atoms. The van der Waals surface area contributed by atoms with E-state index < -0.39 is 10.5 Å². The Morgan fingerprint density at radius 3 is 2.61 bits per heavy atom. The molecule has 0 aliphatic carbocycles. The lowest BCUT2D eigenvalue weighted by molar-refractivity contribution is -0.384. The van der Waals surface area contributed by atoms with Crippen LogP contribution in [-0.2, 0) is 4.79 Å². The summed E-state index contributed by atoms with van der Waals surface area (Å²) in [7, 11) is 0. The number of aromatic amines is 1. The number of benzene rings is 1. The number of carbonyl (C=O) groups is 1. The summed E-state index contributed by atoms with van der Waals surface area (Å²) in [6.45, 7) is 6.35. The minimum absolute atomic E-state index is 0.0640. The Kier molecular flexibility index (Phi) is 7.08. The largest absolute Gasteiger partial charge is 0.485 e. The fourth-order valence-corrected chi connectivity index (χ4v) is 2.61. The van der Waals surface area contributed by atoms with Gasteiger partial charge in [0.15, 0.2) is 5.75 Å². The lowest BCUT2D eigenvalue weighted by Crippen LogP contribution is -2.13. The van der Waals surface area contributed by atoms with E-state index in [1.54, 1.807) is 0 Å². The number of non-ortho nitro benzene ring substituents is 1. The smallest absolute Gasteiger partial charge is 0.298 e. The number of ether oxygens (including phenoxy) is 2. The number of carbonyl (C=O) groups excluding carboxylic acids is 1. The van der Waals surface area contributed by atoms with Crippen molar-refractivity contribution in [3.8, 4) is 11.5 Å². The Hall–Kier alpha value is -3.42. The molecule has 0 atom stereocenters. The quantitative estimate of drug-likeness (QED) is 0.301. The average molecular weight is 386 g/mol. The SMILES string of the molecule is CC(C)=CCC/C(C)=C/COc1c(OC=O)c(=O)[nH]c2cc([N+](=O)[O-])ccc12. The molecule has 0 saturated carbocycles. The fourth-order valence-electron chi connectivity index (χ4n) is 2.61. The Labute approximate surface area is 161 Å². The molecule has 2 rings (SSSR count). The Morgan fingerprint density at radius 2 is 1.96 bits per heavy atom. The molecule has 1 N–H and O–H groups in total. The van der Waals surface area contributed by atoms with E-state index in [1.807, 2.05) is 26.8 Å². The normalized spacial score (nSPS) is 11.2. The van der Waals surface area contributed by atoms with E-state index in [0.717, 1.165) is 18.4 Å². The molecule has 0 spiro atoms. The molecule has 1 aromatic heterocycles. The van der Waals surface area contributed by atoms with Crippen LogP contribution in [0.2, 0.25) is 0 Å². The number of fused-ring (bicyclic) bond motifs is 1. The number of hydrogen-bond acceptors (Lipinski definition) is 6. The molecule has 8 nitrogen and oxygen atoms in total. The molecule has 2 aromatic rings. The number of nitrogens with one attached hydrogen (secondary N) is 1. The summed E-state index contributed by atoms with van der Waals surface area (Å²) >= 11 is 0. The van der Waals surface area contributed by atoms with E-state index in [9.17, 15) is 19.7 Å². The summed E-state index contributed by atoms with van der Waals surface area (Å²) < 4.78 is 10.5. The highest BCUT2D eigenvalue weighted by atomic mass is 16.6. The van der Waals surface area contributed by atoms with Gasteiger partial charge in [-0.05, 0) is 45.8 Å². The summed E-state index contributed by atoms with van der Waals surface area (Å²) in [5.74, 6) is -0.221. The predicted molar refractivity (Wildman–Crippen MR) is 106 cm³/mol. The topological polar surface area (TPSA) is 112 Å². The molecule has 1 aromatic carbocycles. The van der Waals surface area contributed by atoms with Crippen LogP contribution >= 0.6 is 0 Å². The zero-order chi connectivity index (χ0) is 20.7. The van der Waals surface area contributed by atoms with Crippen molar-refractivity contribution in [1.82, 2.24) is 4.98 Å². The lowest BCUT2D eigenvalue weighted by Gasteiger charge is -2.11. The molecular weight excluding hydrogens is 364 g/mol. The first-order valence-electron chi connectivity index (χ1n) is 8.70. The standard InChI is InChI=1S/C20H22N2O6/c1-13(2)5-4-6-14(3)9-10-27-18-16-8-7-15(22(25)26)11-17(16)21-20(24)19(18)28-12-23/h5,7-9,11-12H,4,6,10H2,1-3H3,(H,21,24)/b14-9+. The van der Waals surface area contributed by atoms with Crippen molar-refractivity contribution in [2.24, 2.45) is 0 Å². The maximum atomic E-state index is 12.2. The van der Waals surface area contributed by atoms with Crippen LogP contribution < -0.4 is 15.0 Å². The van der Waals surface area contributed by atoms with E-state index >= 15 is 0 Å². The van der Waals surface area contributed by atoms with Crippen molar-refractivity contribution in [2.75, 3.05) is 6.61 Å². The number of hydrogen-bond donors (Lipinski definition) is 1. The van der Waals surface area contributed by atoms with Gasteiger partial charge in [0.05, 0.1) is 10.4 Å². The van der Waals surface area contributed by atoms with Crippen LogP contribution in [0.15, 0.2) is 46.3 Å². The first-order valence-corrected chi connectivity index (χ1v) is 8.70. The molecule has 0 unspecified atom stereocenters. The zero-order valence-electron chi connectivity index (χ0n) is 16.0. The van der Waals surface area contributed by atoms with Gasteiger partial charge in [-0.25, -0.2) is 0 Å². The van der Waals surface area contributed by atoms with Crippen LogP contribution in [0.4, 0.5) is 5.69 Å². The second-order valence-electron chi connectivity index (χ2n) is 6.50. The number of nitro groups is 1. The van der Waals surface area contributed by atoms with Gasteiger partial charge in [-0.3, -0.25) is 19.7 Å². The van der Waals surface area contributed by atoms with E-state index in [-0.39, 0.29) is 35.8 Å². The van der Waals surface area contributed by atoms with Crippen LogP contribution in [0, 0.1) is 10.1 Å². The van der Waals surface area contributed by atoms with Gasteiger partial charge in [0.2, 0.25) is 5.75 Å². The number of rotatable bonds is 9. The Bertz CT molecular complexity index is 1000. The van der Waals surface area contributed by atoms with Crippen LogP contribution in [0.25, 0.3) is 10.9 Å². The molecule has 8 heteroatoms. The summed E-state index contributed by atoms with van der Waals surface area (Å²) in [5, 5.41) is 11.4. The summed E-state index contributed by atoms with van der Waals surface area (Å²) in [4.78, 5) is 35.9. The first kappa shape index (κ1) is 20.9. The number of allylic oxidation sites excluding steroid dienone is 3. The first-order chi connectivity index (χ1) is 13.3. The van der Waals surface area contributed by atoms with Gasteiger partial charge >= 0.3 is 0 Å². The highest BCUT2D eigenvalue weighted by molar-refractivity contribution is 5.89. The van der Waals surface area contributed by atoms with Gasteiger partial charge in [-0.15, -0.1) is 0 Å². The maximum Gasteiger partial charge on any atom is 0.298 e. The molecular formula is C20H22N2O6. The molecule has 0 saturated heterocycles. The van der Waals surface area contributed by atoms with Crippen molar-refractivity contribution < 1.29 is 19.2 Å². The van der Waals surface area contributed by atoms with Crippen LogP contribution in [0.5, 0.6) is 11.5 Å². The lowest BCUT2D eigenvalue weighted by atomic mass is 10.1. The van der Waals surface area contributed by atoms with Crippen LogP contribution in [-0.4, -0.2) is 23.0 Å². The zero-order valence-corrected chi connectivity index (χ0v) is 16.0. The fraction of sp³-hybridized carbons (Fsp3) is 0.300. The second kappa shape index (κ2) is 9.50. The molecule has 0 aliphatic heterocycles. The number of H-pyrrole nitrogens is 1. The van der Waals surface area contributed by atoms with E-state index in [2.05, 4.69) is 11.1 Å². The van der Waals surface area contributed by atoms with Crippen LogP contribution in [0.3, 0.4) is 0 Å². The Balaban J connectivity index is 2.33. The highest BCUT2D eigenvalue weighted by Crippen LogP contribution is 2.33. The van der Waals surface area contributed by atoms with Gasteiger partial charge in [-0.2, -0.15) is 0 Å². The Morgan fingerprint density at radius 1 is 1.21 bits per heavy atom. The summed E-state index contributed by atoms with van der Waals surface area (Å²) in [5.41, 5.74) is 1.70. The van der Waals surface area contributed by atoms with Crippen molar-refractivity contribution in [3.05, 3.63) is 62.0 Å². The second-order valence-corrected chi connectivity index (χ2v) is 6.50. The number of nitro benzene ring substituents is 1. The van der Waals surface area contributed by atoms with Crippen molar-refractivity contribution in [2.45, 2.75) is 33.6 Å². The number of pyridine rings is 1. The molecule has 28 heavy (non-hydrogen) atoms. The maximum absolute atomic E-state index is 12.2. The summed E-state index contributed by atoms with van der Waals surface area (Å²) in [6.07, 6.45) is 5.81. The molecule has 0 aliphatic rings. The van der Waals surface area contributed by atoms with Crippen molar-refractivity contribution in [1.29, 1.82) is 0 Å². The third-order valence-electron chi connectivity index (χ3n) is 4.04. The van der Waals surface area contributed by atoms with Gasteiger partial charge in [0, 0.05) is 17.5 Å². The third-order valence-corrected chi connectivity index (χ3v) is 4.04. The van der Waals surface area contributed by atoms with E-state index in [4.69, 9.17) is 9.47 Å². The predicted octanol–water partition coefficient (Wildman–Crippen LogP) is 4.04. The van der Waals surface area contributed by atoms with E-state index in [1.165, 1.54) is 23.8 Å². The van der Waals surface area contributed by atoms with Gasteiger partial charge < -0.3 is 14.5 Å². The van der Waals surface area contributed by atoms with Gasteiger partial charge in [0.1, 0.15) is 6.61 Å². The molecule has 0 amide bonds. The van der Waals surface area contributed by atoms with Crippen LogP contribution in [0.1, 0.15) is 33.6 Å². The molecule has 0 fully saturated rings. The number of aromatic nitrogens is 1. The van der Waals surface area contributed by atoms with Gasteiger partial charge in [-0.1, -0.05) is 17.2 Å². The minimum atomic E-state index is -0.709. The monoisotopic (exact) mass is 386 g/mol. The van der Waals surface area contributed by atoms with Gasteiger partial charge in [0.25, 0.3) is 17.7 Å². The van der Waals surface area contributed by atoms with E-state index in [0.29, 0.717) is 5.39 Å². The average Bonchev–Trinajstić information content (AvgIpc) is 2.63. The van der Waals surface area contributed by atoms with Crippen molar-refractivity contribution >= 4 is 23.1 Å². The molecule has 0 radical (unpaired) electrons. The molecule has 1 heterocycles. The molecule has 148 valence electrons. The summed E-state index contributed by atoms with van der Waals surface area (Å²) in [6, 6.07) is 3.97. The number of nitrogens with zero attached hydrogens (tertiary/aromatic N) is 1. The highest BCUT2D eigenvalue weighted by Gasteiger charge is 2.18. The minimum Gasteiger partial charge on any atom is -0.485 e. The van der Waals surface area contributed by atoms with Crippen molar-refractivity contribution in [3.63, 3.8) is 0 Å². The third kappa shape index (κ3) is 5.29.